The van der Waals surface area contributed by atoms with Crippen molar-refractivity contribution in [1.82, 2.24) is 9.97 Å². The first-order valence-corrected chi connectivity index (χ1v) is 7.90. The van der Waals surface area contributed by atoms with Gasteiger partial charge in [0.2, 0.25) is 0 Å². The molecule has 0 spiro atoms. The molecule has 1 aromatic heterocycles. The molecule has 1 heterocycles. The molecule has 0 radical (unpaired) electrons. The second-order valence-corrected chi connectivity index (χ2v) is 5.54. The minimum Gasteiger partial charge on any atom is -0.340 e. The van der Waals surface area contributed by atoms with Gasteiger partial charge in [0.25, 0.3) is 0 Å². The van der Waals surface area contributed by atoms with Crippen LogP contribution < -0.4 is 5.32 Å². The quantitative estimate of drug-likeness (QED) is 0.756. The number of nitrogens with one attached hydrogen (secondary N) is 1. The number of rotatable bonds is 6. The SMILES string of the molecule is CCCCc1ccc(Nc2nc(CC)nc(Cl)c2C)cc1. The van der Waals surface area contributed by atoms with Crippen LogP contribution in [0.2, 0.25) is 5.15 Å². The van der Waals surface area contributed by atoms with Gasteiger partial charge in [-0.15, -0.1) is 0 Å². The van der Waals surface area contributed by atoms with E-state index in [9.17, 15) is 0 Å². The average molecular weight is 304 g/mol. The van der Waals surface area contributed by atoms with E-state index in [1.54, 1.807) is 0 Å². The van der Waals surface area contributed by atoms with Crippen molar-refractivity contribution in [2.75, 3.05) is 5.32 Å². The first-order chi connectivity index (χ1) is 10.1. The van der Waals surface area contributed by atoms with E-state index in [1.165, 1.54) is 18.4 Å². The number of nitrogens with zero attached hydrogens (tertiary/aromatic N) is 2. The van der Waals surface area contributed by atoms with Gasteiger partial charge in [-0.1, -0.05) is 44.0 Å². The molecular formula is C17H22ClN3. The third-order valence-corrected chi connectivity index (χ3v) is 3.85. The first-order valence-electron chi connectivity index (χ1n) is 7.53. The lowest BCUT2D eigenvalue weighted by Crippen LogP contribution is -2.03. The number of aryl methyl sites for hydroxylation is 2. The van der Waals surface area contributed by atoms with Gasteiger partial charge in [0, 0.05) is 17.7 Å². The molecule has 0 fully saturated rings. The molecule has 1 N–H and O–H groups in total. The molecule has 0 atom stereocenters. The Morgan fingerprint density at radius 3 is 2.43 bits per heavy atom. The van der Waals surface area contributed by atoms with E-state index in [4.69, 9.17) is 11.6 Å². The van der Waals surface area contributed by atoms with Crippen LogP contribution in [-0.4, -0.2) is 9.97 Å². The second kappa shape index (κ2) is 7.41. The standard InChI is InChI=1S/C17H22ClN3/c1-4-6-7-13-8-10-14(11-9-13)19-17-12(3)16(18)20-15(5-2)21-17/h8-11H,4-7H2,1-3H3,(H,19,20,21). The average Bonchev–Trinajstić information content (AvgIpc) is 2.50. The van der Waals surface area contributed by atoms with Crippen LogP contribution in [0.4, 0.5) is 11.5 Å². The zero-order valence-electron chi connectivity index (χ0n) is 12.9. The molecule has 0 saturated heterocycles. The summed E-state index contributed by atoms with van der Waals surface area (Å²) in [5.74, 6) is 1.54. The second-order valence-electron chi connectivity index (χ2n) is 5.18. The molecule has 0 bridgehead atoms. The van der Waals surface area contributed by atoms with Crippen molar-refractivity contribution in [3.63, 3.8) is 0 Å². The highest BCUT2D eigenvalue weighted by Gasteiger charge is 2.08. The fraction of sp³-hybridized carbons (Fsp3) is 0.412. The number of aromatic nitrogens is 2. The Balaban J connectivity index is 2.16. The normalized spacial score (nSPS) is 10.7. The summed E-state index contributed by atoms with van der Waals surface area (Å²) >= 11 is 6.16. The van der Waals surface area contributed by atoms with E-state index in [-0.39, 0.29) is 0 Å². The number of unbranched alkanes of at least 4 members (excludes halogenated alkanes) is 1. The fourth-order valence-corrected chi connectivity index (χ4v) is 2.27. The Morgan fingerprint density at radius 1 is 1.10 bits per heavy atom. The summed E-state index contributed by atoms with van der Waals surface area (Å²) < 4.78 is 0. The van der Waals surface area contributed by atoms with Gasteiger partial charge in [-0.25, -0.2) is 9.97 Å². The van der Waals surface area contributed by atoms with Gasteiger partial charge in [0.05, 0.1) is 0 Å². The summed E-state index contributed by atoms with van der Waals surface area (Å²) in [7, 11) is 0. The lowest BCUT2D eigenvalue weighted by Gasteiger charge is -2.11. The summed E-state index contributed by atoms with van der Waals surface area (Å²) in [5, 5.41) is 3.85. The third-order valence-electron chi connectivity index (χ3n) is 3.48. The Morgan fingerprint density at radius 2 is 1.81 bits per heavy atom. The Hall–Kier alpha value is -1.61. The van der Waals surface area contributed by atoms with Crippen LogP contribution in [0.1, 0.15) is 43.6 Å². The zero-order chi connectivity index (χ0) is 15.2. The van der Waals surface area contributed by atoms with Crippen molar-refractivity contribution in [2.45, 2.75) is 46.5 Å². The zero-order valence-corrected chi connectivity index (χ0v) is 13.7. The highest BCUT2D eigenvalue weighted by atomic mass is 35.5. The van der Waals surface area contributed by atoms with Gasteiger partial charge in [0.1, 0.15) is 16.8 Å². The number of hydrogen-bond donors (Lipinski definition) is 1. The smallest absolute Gasteiger partial charge is 0.138 e. The molecule has 2 aromatic rings. The van der Waals surface area contributed by atoms with E-state index >= 15 is 0 Å². The molecule has 112 valence electrons. The van der Waals surface area contributed by atoms with Gasteiger partial charge in [0.15, 0.2) is 0 Å². The molecule has 21 heavy (non-hydrogen) atoms. The topological polar surface area (TPSA) is 37.8 Å². The number of halogens is 1. The molecule has 4 heteroatoms. The summed E-state index contributed by atoms with van der Waals surface area (Å²) in [5.41, 5.74) is 3.27. The Labute approximate surface area is 131 Å². The van der Waals surface area contributed by atoms with E-state index in [0.717, 1.165) is 35.7 Å². The predicted molar refractivity (Wildman–Crippen MR) is 89.5 cm³/mol. The minimum atomic E-state index is 0.518. The van der Waals surface area contributed by atoms with E-state index < -0.39 is 0 Å². The monoisotopic (exact) mass is 303 g/mol. The number of anilines is 2. The van der Waals surface area contributed by atoms with Gasteiger partial charge in [-0.2, -0.15) is 0 Å². The van der Waals surface area contributed by atoms with Gasteiger partial charge in [-0.3, -0.25) is 0 Å². The van der Waals surface area contributed by atoms with Crippen LogP contribution in [0.25, 0.3) is 0 Å². The van der Waals surface area contributed by atoms with Crippen molar-refractivity contribution in [1.29, 1.82) is 0 Å². The highest BCUT2D eigenvalue weighted by Crippen LogP contribution is 2.24. The maximum atomic E-state index is 6.16. The van der Waals surface area contributed by atoms with E-state index in [0.29, 0.717) is 5.15 Å². The van der Waals surface area contributed by atoms with Crippen LogP contribution in [0.5, 0.6) is 0 Å². The molecule has 3 nitrogen and oxygen atoms in total. The maximum absolute atomic E-state index is 6.16. The minimum absolute atomic E-state index is 0.518. The summed E-state index contributed by atoms with van der Waals surface area (Å²) in [4.78, 5) is 8.77. The molecule has 2 rings (SSSR count). The molecular weight excluding hydrogens is 282 g/mol. The molecule has 0 aliphatic carbocycles. The van der Waals surface area contributed by atoms with Crippen LogP contribution >= 0.6 is 11.6 Å². The van der Waals surface area contributed by atoms with Crippen molar-refractivity contribution in [2.24, 2.45) is 0 Å². The number of hydrogen-bond acceptors (Lipinski definition) is 3. The van der Waals surface area contributed by atoms with Crippen molar-refractivity contribution < 1.29 is 0 Å². The highest BCUT2D eigenvalue weighted by molar-refractivity contribution is 6.30. The van der Waals surface area contributed by atoms with Gasteiger partial charge >= 0.3 is 0 Å². The van der Waals surface area contributed by atoms with Crippen molar-refractivity contribution in [3.05, 3.63) is 46.4 Å². The maximum Gasteiger partial charge on any atom is 0.138 e. The first kappa shape index (κ1) is 15.8. The van der Waals surface area contributed by atoms with Gasteiger partial charge < -0.3 is 5.32 Å². The molecule has 1 aromatic carbocycles. The summed E-state index contributed by atoms with van der Waals surface area (Å²) in [6.45, 7) is 6.16. The summed E-state index contributed by atoms with van der Waals surface area (Å²) in [6.07, 6.45) is 4.35. The molecule has 0 amide bonds. The molecule has 0 aliphatic heterocycles. The molecule has 0 aliphatic rings. The van der Waals surface area contributed by atoms with E-state index in [2.05, 4.69) is 46.5 Å². The Kier molecular flexibility index (Phi) is 5.57. The molecule has 0 saturated carbocycles. The number of benzene rings is 1. The van der Waals surface area contributed by atoms with Crippen LogP contribution in [0.15, 0.2) is 24.3 Å². The van der Waals surface area contributed by atoms with Crippen molar-refractivity contribution in [3.8, 4) is 0 Å². The molecule has 0 unspecified atom stereocenters. The van der Waals surface area contributed by atoms with Crippen LogP contribution in [0.3, 0.4) is 0 Å². The lowest BCUT2D eigenvalue weighted by atomic mass is 10.1. The van der Waals surface area contributed by atoms with Crippen LogP contribution in [-0.2, 0) is 12.8 Å². The Bertz CT molecular complexity index is 594. The third kappa shape index (κ3) is 4.18. The van der Waals surface area contributed by atoms with Gasteiger partial charge in [-0.05, 0) is 37.5 Å². The largest absolute Gasteiger partial charge is 0.340 e. The lowest BCUT2D eigenvalue weighted by molar-refractivity contribution is 0.795. The predicted octanol–water partition coefficient (Wildman–Crippen LogP) is 5.09. The summed E-state index contributed by atoms with van der Waals surface area (Å²) in [6, 6.07) is 8.51. The van der Waals surface area contributed by atoms with Crippen LogP contribution in [0, 0.1) is 6.92 Å². The fourth-order valence-electron chi connectivity index (χ4n) is 2.08. The van der Waals surface area contributed by atoms with Crippen molar-refractivity contribution >= 4 is 23.1 Å². The van der Waals surface area contributed by atoms with E-state index in [1.807, 2.05) is 13.8 Å².